The molecule has 0 unspecified atom stereocenters. The highest BCUT2D eigenvalue weighted by molar-refractivity contribution is 7.89. The molecule has 136 valence electrons. The molecular weight excluding hydrogens is 354 g/mol. The number of ether oxygens (including phenoxy) is 1. The van der Waals surface area contributed by atoms with E-state index in [-0.39, 0.29) is 17.3 Å². The molecule has 0 aliphatic carbocycles. The van der Waals surface area contributed by atoms with Gasteiger partial charge in [0.15, 0.2) is 0 Å². The Labute approximate surface area is 152 Å². The van der Waals surface area contributed by atoms with Crippen LogP contribution in [0.4, 0.5) is 0 Å². The molecule has 0 amide bonds. The van der Waals surface area contributed by atoms with Crippen molar-refractivity contribution in [1.29, 1.82) is 0 Å². The van der Waals surface area contributed by atoms with Crippen LogP contribution in [0.1, 0.15) is 17.0 Å². The van der Waals surface area contributed by atoms with Crippen molar-refractivity contribution < 1.29 is 17.6 Å². The maximum atomic E-state index is 12.4. The van der Waals surface area contributed by atoms with Crippen LogP contribution in [-0.2, 0) is 16.6 Å². The minimum Gasteiger partial charge on any atom is -0.497 e. The second-order valence-corrected chi connectivity index (χ2v) is 7.57. The Morgan fingerprint density at radius 1 is 1.04 bits per heavy atom. The predicted molar refractivity (Wildman–Crippen MR) is 96.2 cm³/mol. The Hall–Kier alpha value is -2.71. The third-order valence-electron chi connectivity index (χ3n) is 4.01. The fourth-order valence-corrected chi connectivity index (χ4v) is 3.36. The average molecular weight is 373 g/mol. The molecular formula is C18H19N3O4S. The van der Waals surface area contributed by atoms with Crippen molar-refractivity contribution in [2.75, 3.05) is 7.11 Å². The lowest BCUT2D eigenvalue weighted by molar-refractivity contribution is 0.415. The molecule has 1 N–H and O–H groups in total. The number of methoxy groups -OCH3 is 1. The summed E-state index contributed by atoms with van der Waals surface area (Å²) < 4.78 is 37.9. The van der Waals surface area contributed by atoms with E-state index in [1.807, 2.05) is 13.8 Å². The highest BCUT2D eigenvalue weighted by Crippen LogP contribution is 2.21. The van der Waals surface area contributed by atoms with Gasteiger partial charge in [-0.15, -0.1) is 10.2 Å². The second kappa shape index (κ2) is 7.27. The molecule has 7 nitrogen and oxygen atoms in total. The summed E-state index contributed by atoms with van der Waals surface area (Å²) >= 11 is 0. The molecule has 1 aromatic heterocycles. The number of nitrogens with one attached hydrogen (secondary N) is 1. The molecule has 26 heavy (non-hydrogen) atoms. The standard InChI is InChI=1S/C18H19N3O4S/c1-12-4-9-16(10-13(12)2)26(22,23)19-11-17-20-21-18(25-17)14-5-7-15(24-3)8-6-14/h4-10,19H,11H2,1-3H3. The molecule has 3 aromatic rings. The average Bonchev–Trinajstić information content (AvgIpc) is 3.11. The van der Waals surface area contributed by atoms with E-state index in [2.05, 4.69) is 14.9 Å². The van der Waals surface area contributed by atoms with E-state index in [9.17, 15) is 8.42 Å². The van der Waals surface area contributed by atoms with Gasteiger partial charge in [-0.05, 0) is 61.4 Å². The number of benzene rings is 2. The molecule has 0 bridgehead atoms. The van der Waals surface area contributed by atoms with Crippen molar-refractivity contribution in [3.8, 4) is 17.2 Å². The molecule has 8 heteroatoms. The maximum Gasteiger partial charge on any atom is 0.247 e. The molecule has 0 aliphatic heterocycles. The van der Waals surface area contributed by atoms with Crippen LogP contribution in [0.15, 0.2) is 51.8 Å². The molecule has 0 atom stereocenters. The van der Waals surface area contributed by atoms with Gasteiger partial charge in [0.2, 0.25) is 21.8 Å². The Kier molecular flexibility index (Phi) is 5.06. The second-order valence-electron chi connectivity index (χ2n) is 5.80. The third kappa shape index (κ3) is 3.92. The van der Waals surface area contributed by atoms with Crippen LogP contribution < -0.4 is 9.46 Å². The first-order valence-corrected chi connectivity index (χ1v) is 9.41. The van der Waals surface area contributed by atoms with Crippen molar-refractivity contribution in [3.63, 3.8) is 0 Å². The number of aryl methyl sites for hydroxylation is 2. The highest BCUT2D eigenvalue weighted by atomic mass is 32.2. The van der Waals surface area contributed by atoms with Crippen molar-refractivity contribution in [1.82, 2.24) is 14.9 Å². The lowest BCUT2D eigenvalue weighted by Gasteiger charge is -2.07. The van der Waals surface area contributed by atoms with Crippen molar-refractivity contribution in [2.24, 2.45) is 0 Å². The third-order valence-corrected chi connectivity index (χ3v) is 5.40. The molecule has 3 rings (SSSR count). The number of rotatable bonds is 6. The Morgan fingerprint density at radius 2 is 1.77 bits per heavy atom. The van der Waals surface area contributed by atoms with Crippen LogP contribution in [0.3, 0.4) is 0 Å². The summed E-state index contributed by atoms with van der Waals surface area (Å²) in [5.74, 6) is 1.21. The van der Waals surface area contributed by atoms with E-state index >= 15 is 0 Å². The minimum atomic E-state index is -3.66. The molecule has 0 saturated heterocycles. The van der Waals surface area contributed by atoms with E-state index in [1.54, 1.807) is 49.6 Å². The largest absolute Gasteiger partial charge is 0.497 e. The highest BCUT2D eigenvalue weighted by Gasteiger charge is 2.17. The minimum absolute atomic E-state index is 0.0849. The van der Waals surface area contributed by atoms with E-state index in [4.69, 9.17) is 9.15 Å². The Bertz CT molecular complexity index is 1010. The first kappa shape index (κ1) is 18.1. The number of sulfonamides is 1. The van der Waals surface area contributed by atoms with Gasteiger partial charge in [0.25, 0.3) is 0 Å². The van der Waals surface area contributed by atoms with Crippen LogP contribution in [-0.4, -0.2) is 25.7 Å². The predicted octanol–water partition coefficient (Wildman–Crippen LogP) is 2.84. The Morgan fingerprint density at radius 3 is 2.42 bits per heavy atom. The van der Waals surface area contributed by atoms with Gasteiger partial charge in [0.05, 0.1) is 18.6 Å². The quantitative estimate of drug-likeness (QED) is 0.714. The lowest BCUT2D eigenvalue weighted by atomic mass is 10.1. The topological polar surface area (TPSA) is 94.3 Å². The fourth-order valence-electron chi connectivity index (χ4n) is 2.30. The normalized spacial score (nSPS) is 11.5. The summed E-state index contributed by atoms with van der Waals surface area (Å²) in [4.78, 5) is 0.204. The van der Waals surface area contributed by atoms with E-state index in [0.29, 0.717) is 5.89 Å². The van der Waals surface area contributed by atoms with Gasteiger partial charge in [-0.3, -0.25) is 0 Å². The van der Waals surface area contributed by atoms with Gasteiger partial charge in [-0.25, -0.2) is 13.1 Å². The van der Waals surface area contributed by atoms with Crippen molar-refractivity contribution in [3.05, 3.63) is 59.5 Å². The smallest absolute Gasteiger partial charge is 0.247 e. The number of hydrogen-bond donors (Lipinski definition) is 1. The van der Waals surface area contributed by atoms with Crippen LogP contribution in [0.25, 0.3) is 11.5 Å². The summed E-state index contributed by atoms with van der Waals surface area (Å²) in [6.07, 6.45) is 0. The maximum absolute atomic E-state index is 12.4. The summed E-state index contributed by atoms with van der Waals surface area (Å²) in [6, 6.07) is 12.1. The first-order chi connectivity index (χ1) is 12.4. The monoisotopic (exact) mass is 373 g/mol. The molecule has 2 aromatic carbocycles. The van der Waals surface area contributed by atoms with Crippen molar-refractivity contribution >= 4 is 10.0 Å². The number of aromatic nitrogens is 2. The Balaban J connectivity index is 1.71. The summed E-state index contributed by atoms with van der Waals surface area (Å²) in [5, 5.41) is 7.84. The van der Waals surface area contributed by atoms with Gasteiger partial charge < -0.3 is 9.15 Å². The van der Waals surface area contributed by atoms with Gasteiger partial charge >= 0.3 is 0 Å². The zero-order chi connectivity index (χ0) is 18.7. The molecule has 0 spiro atoms. The van der Waals surface area contributed by atoms with E-state index in [1.165, 1.54) is 0 Å². The van der Waals surface area contributed by atoms with Crippen LogP contribution >= 0.6 is 0 Å². The van der Waals surface area contributed by atoms with Gasteiger partial charge in [0, 0.05) is 5.56 Å². The molecule has 1 heterocycles. The summed E-state index contributed by atoms with van der Waals surface area (Å²) in [5.41, 5.74) is 2.67. The van der Waals surface area contributed by atoms with Crippen LogP contribution in [0, 0.1) is 13.8 Å². The first-order valence-electron chi connectivity index (χ1n) is 7.93. The zero-order valence-corrected chi connectivity index (χ0v) is 15.5. The van der Waals surface area contributed by atoms with Crippen LogP contribution in [0.5, 0.6) is 5.75 Å². The molecule has 0 radical (unpaired) electrons. The SMILES string of the molecule is COc1ccc(-c2nnc(CNS(=O)(=O)c3ccc(C)c(C)c3)o2)cc1. The molecule has 0 aliphatic rings. The number of nitrogens with zero attached hydrogens (tertiary/aromatic N) is 2. The summed E-state index contributed by atoms with van der Waals surface area (Å²) in [6.45, 7) is 3.71. The van der Waals surface area contributed by atoms with Gasteiger partial charge in [-0.2, -0.15) is 0 Å². The van der Waals surface area contributed by atoms with E-state index in [0.717, 1.165) is 22.4 Å². The van der Waals surface area contributed by atoms with Crippen LogP contribution in [0.2, 0.25) is 0 Å². The number of hydrogen-bond acceptors (Lipinski definition) is 6. The van der Waals surface area contributed by atoms with Crippen molar-refractivity contribution in [2.45, 2.75) is 25.3 Å². The van der Waals surface area contributed by atoms with Gasteiger partial charge in [-0.1, -0.05) is 6.07 Å². The van der Waals surface area contributed by atoms with Gasteiger partial charge in [0.1, 0.15) is 5.75 Å². The van der Waals surface area contributed by atoms with E-state index < -0.39 is 10.0 Å². The summed E-state index contributed by atoms with van der Waals surface area (Å²) in [7, 11) is -2.07. The lowest BCUT2D eigenvalue weighted by Crippen LogP contribution is -2.23. The fraction of sp³-hybridized carbons (Fsp3) is 0.222. The molecule has 0 saturated carbocycles. The molecule has 0 fully saturated rings. The zero-order valence-electron chi connectivity index (χ0n) is 14.7.